The van der Waals surface area contributed by atoms with E-state index in [1.807, 2.05) is 50.2 Å². The summed E-state index contributed by atoms with van der Waals surface area (Å²) < 4.78 is 23.0. The molecule has 0 aliphatic rings. The average molecular weight is 645 g/mol. The SMILES string of the molecule is CCCCCCCCCCO[C@@H](C)C(=O)Oc1ccc(-c2ccc(OC(=O)c3cc(C)c(OCCCCCCC)c(C)c3)cc2)cc1. The van der Waals surface area contributed by atoms with E-state index in [2.05, 4.69) is 13.8 Å². The highest BCUT2D eigenvalue weighted by Crippen LogP contribution is 2.28. The Labute approximate surface area is 283 Å². The summed E-state index contributed by atoms with van der Waals surface area (Å²) in [4.78, 5) is 25.4. The van der Waals surface area contributed by atoms with Gasteiger partial charge in [-0.25, -0.2) is 9.59 Å². The van der Waals surface area contributed by atoms with E-state index in [0.29, 0.717) is 30.3 Å². The fraction of sp³-hybridized carbons (Fsp3) is 0.512. The van der Waals surface area contributed by atoms with Crippen molar-refractivity contribution in [2.45, 2.75) is 124 Å². The van der Waals surface area contributed by atoms with E-state index >= 15 is 0 Å². The monoisotopic (exact) mass is 644 g/mol. The number of hydrogen-bond acceptors (Lipinski definition) is 6. The molecule has 0 fully saturated rings. The number of benzene rings is 3. The molecule has 0 amide bonds. The molecule has 0 aromatic heterocycles. The van der Waals surface area contributed by atoms with Crippen LogP contribution in [0.25, 0.3) is 11.1 Å². The molecule has 3 aromatic rings. The van der Waals surface area contributed by atoms with Crippen molar-refractivity contribution < 1.29 is 28.5 Å². The van der Waals surface area contributed by atoms with Gasteiger partial charge in [0.2, 0.25) is 0 Å². The van der Waals surface area contributed by atoms with E-state index in [4.69, 9.17) is 18.9 Å². The van der Waals surface area contributed by atoms with Crippen molar-refractivity contribution in [1.29, 1.82) is 0 Å². The molecule has 0 saturated carbocycles. The molecule has 0 aliphatic carbocycles. The smallest absolute Gasteiger partial charge is 0.343 e. The molecule has 0 unspecified atom stereocenters. The highest BCUT2D eigenvalue weighted by Gasteiger charge is 2.17. The number of ether oxygens (including phenoxy) is 4. The largest absolute Gasteiger partial charge is 0.493 e. The van der Waals surface area contributed by atoms with Gasteiger partial charge in [0, 0.05) is 6.61 Å². The van der Waals surface area contributed by atoms with Crippen LogP contribution in [-0.2, 0) is 9.53 Å². The normalized spacial score (nSPS) is 11.7. The second-order valence-electron chi connectivity index (χ2n) is 12.5. The number of carbonyl (C=O) groups excluding carboxylic acids is 2. The van der Waals surface area contributed by atoms with Gasteiger partial charge in [0.05, 0.1) is 12.2 Å². The number of rotatable bonds is 22. The molecule has 0 heterocycles. The van der Waals surface area contributed by atoms with Gasteiger partial charge < -0.3 is 18.9 Å². The number of aryl methyl sites for hydroxylation is 2. The summed E-state index contributed by atoms with van der Waals surface area (Å²) in [5.41, 5.74) is 4.26. The number of unbranched alkanes of at least 4 members (excludes halogenated alkanes) is 11. The third-order valence-electron chi connectivity index (χ3n) is 8.36. The van der Waals surface area contributed by atoms with E-state index in [1.165, 1.54) is 64.2 Å². The van der Waals surface area contributed by atoms with Crippen molar-refractivity contribution in [1.82, 2.24) is 0 Å². The van der Waals surface area contributed by atoms with Crippen LogP contribution >= 0.6 is 0 Å². The lowest BCUT2D eigenvalue weighted by atomic mass is 10.1. The molecule has 3 rings (SSSR count). The fourth-order valence-electron chi connectivity index (χ4n) is 5.54. The molecule has 256 valence electrons. The van der Waals surface area contributed by atoms with Crippen LogP contribution in [0.4, 0.5) is 0 Å². The Bertz CT molecular complexity index is 1320. The predicted molar refractivity (Wildman–Crippen MR) is 191 cm³/mol. The summed E-state index contributed by atoms with van der Waals surface area (Å²) in [5.74, 6) is 0.985. The summed E-state index contributed by atoms with van der Waals surface area (Å²) in [7, 11) is 0. The highest BCUT2D eigenvalue weighted by molar-refractivity contribution is 5.92. The van der Waals surface area contributed by atoms with Crippen LogP contribution in [0.2, 0.25) is 0 Å². The van der Waals surface area contributed by atoms with Gasteiger partial charge in [-0.15, -0.1) is 0 Å². The van der Waals surface area contributed by atoms with E-state index in [1.54, 1.807) is 31.2 Å². The molecule has 0 saturated heterocycles. The Kier molecular flexibility index (Phi) is 17.1. The maximum absolute atomic E-state index is 12.9. The van der Waals surface area contributed by atoms with Gasteiger partial charge in [0.1, 0.15) is 17.2 Å². The minimum atomic E-state index is -0.612. The second-order valence-corrected chi connectivity index (χ2v) is 12.5. The van der Waals surface area contributed by atoms with Crippen LogP contribution in [0.5, 0.6) is 17.2 Å². The Balaban J connectivity index is 1.43. The molecular weight excluding hydrogens is 588 g/mol. The lowest BCUT2D eigenvalue weighted by Gasteiger charge is -2.14. The van der Waals surface area contributed by atoms with Crippen molar-refractivity contribution in [3.8, 4) is 28.4 Å². The molecular formula is C41H56O6. The van der Waals surface area contributed by atoms with Crippen molar-refractivity contribution in [3.63, 3.8) is 0 Å². The number of esters is 2. The van der Waals surface area contributed by atoms with Crippen LogP contribution in [0.15, 0.2) is 60.7 Å². The highest BCUT2D eigenvalue weighted by atomic mass is 16.6. The summed E-state index contributed by atoms with van der Waals surface area (Å²) in [6.07, 6.45) is 15.1. The van der Waals surface area contributed by atoms with Crippen molar-refractivity contribution in [2.75, 3.05) is 13.2 Å². The summed E-state index contributed by atoms with van der Waals surface area (Å²) in [6, 6.07) is 18.4. The number of carbonyl (C=O) groups is 2. The predicted octanol–water partition coefficient (Wildman–Crippen LogP) is 11.0. The summed E-state index contributed by atoms with van der Waals surface area (Å²) in [6.45, 7) is 11.4. The first-order chi connectivity index (χ1) is 22.8. The molecule has 3 aromatic carbocycles. The summed E-state index contributed by atoms with van der Waals surface area (Å²) in [5, 5.41) is 0. The molecule has 0 aliphatic heterocycles. The molecule has 0 bridgehead atoms. The second kappa shape index (κ2) is 21.3. The van der Waals surface area contributed by atoms with Crippen molar-refractivity contribution in [3.05, 3.63) is 77.4 Å². The lowest BCUT2D eigenvalue weighted by molar-refractivity contribution is -0.146. The quantitative estimate of drug-likeness (QED) is 0.0616. The number of hydrogen-bond donors (Lipinski definition) is 0. The Morgan fingerprint density at radius 3 is 1.55 bits per heavy atom. The molecule has 6 nitrogen and oxygen atoms in total. The molecule has 0 spiro atoms. The van der Waals surface area contributed by atoms with Gasteiger partial charge in [-0.1, -0.05) is 109 Å². The van der Waals surface area contributed by atoms with Crippen LogP contribution < -0.4 is 14.2 Å². The standard InChI is InChI=1S/C41H56O6/c1-6-8-10-12-13-14-16-17-27-44-33(5)40(42)46-37-23-19-34(20-24-37)35-21-25-38(26-22-35)47-41(43)36-29-31(3)39(32(4)30-36)45-28-18-15-11-9-7-2/h19-26,29-30,33H,6-18,27-28H2,1-5H3/t33-/m0/s1. The summed E-state index contributed by atoms with van der Waals surface area (Å²) >= 11 is 0. The van der Waals surface area contributed by atoms with E-state index in [-0.39, 0.29) is 0 Å². The first-order valence-corrected chi connectivity index (χ1v) is 17.8. The zero-order chi connectivity index (χ0) is 33.9. The van der Waals surface area contributed by atoms with Gasteiger partial charge in [0.25, 0.3) is 0 Å². The van der Waals surface area contributed by atoms with E-state index in [9.17, 15) is 9.59 Å². The zero-order valence-corrected chi connectivity index (χ0v) is 29.4. The first kappa shape index (κ1) is 37.8. The maximum Gasteiger partial charge on any atom is 0.343 e. The van der Waals surface area contributed by atoms with E-state index in [0.717, 1.165) is 47.3 Å². The van der Waals surface area contributed by atoms with Crippen LogP contribution in [0.1, 0.15) is 126 Å². The third kappa shape index (κ3) is 13.6. The maximum atomic E-state index is 12.9. The van der Waals surface area contributed by atoms with Gasteiger partial charge in [-0.05, 0) is 92.3 Å². The zero-order valence-electron chi connectivity index (χ0n) is 29.4. The van der Waals surface area contributed by atoms with Crippen molar-refractivity contribution in [2.24, 2.45) is 0 Å². The Hall–Kier alpha value is -3.64. The van der Waals surface area contributed by atoms with Gasteiger partial charge in [0.15, 0.2) is 6.10 Å². The molecule has 6 heteroatoms. The van der Waals surface area contributed by atoms with Gasteiger partial charge in [-0.2, -0.15) is 0 Å². The van der Waals surface area contributed by atoms with Crippen LogP contribution in [-0.4, -0.2) is 31.3 Å². The Morgan fingerprint density at radius 2 is 1.04 bits per heavy atom. The lowest BCUT2D eigenvalue weighted by Crippen LogP contribution is -2.26. The minimum absolute atomic E-state index is 0.395. The van der Waals surface area contributed by atoms with E-state index < -0.39 is 18.0 Å². The molecule has 47 heavy (non-hydrogen) atoms. The molecule has 0 N–H and O–H groups in total. The average Bonchev–Trinajstić information content (AvgIpc) is 3.07. The Morgan fingerprint density at radius 1 is 0.596 bits per heavy atom. The van der Waals surface area contributed by atoms with Crippen LogP contribution in [0, 0.1) is 13.8 Å². The first-order valence-electron chi connectivity index (χ1n) is 17.8. The minimum Gasteiger partial charge on any atom is -0.493 e. The van der Waals surface area contributed by atoms with Crippen molar-refractivity contribution >= 4 is 11.9 Å². The topological polar surface area (TPSA) is 71.1 Å². The third-order valence-corrected chi connectivity index (χ3v) is 8.36. The van der Waals surface area contributed by atoms with Gasteiger partial charge in [-0.3, -0.25) is 0 Å². The molecule has 1 atom stereocenters. The fourth-order valence-corrected chi connectivity index (χ4v) is 5.54. The van der Waals surface area contributed by atoms with Crippen LogP contribution in [0.3, 0.4) is 0 Å². The van der Waals surface area contributed by atoms with Gasteiger partial charge >= 0.3 is 11.9 Å². The molecule has 0 radical (unpaired) electrons.